The highest BCUT2D eigenvalue weighted by atomic mass is 32.2. The molecule has 1 heterocycles. The van der Waals surface area contributed by atoms with Gasteiger partial charge in [-0.05, 0) is 54.3 Å². The number of benzene rings is 2. The first-order chi connectivity index (χ1) is 19.1. The van der Waals surface area contributed by atoms with Crippen molar-refractivity contribution in [3.63, 3.8) is 0 Å². The zero-order valence-electron chi connectivity index (χ0n) is 22.6. The number of fused-ring (bicyclic) bond motifs is 1. The summed E-state index contributed by atoms with van der Waals surface area (Å²) in [6.45, 7) is 5.89. The summed E-state index contributed by atoms with van der Waals surface area (Å²) in [7, 11) is -5.20. The second kappa shape index (κ2) is 12.2. The van der Waals surface area contributed by atoms with E-state index in [4.69, 9.17) is 14.2 Å². The van der Waals surface area contributed by atoms with Crippen molar-refractivity contribution < 1.29 is 35.8 Å². The Morgan fingerprint density at radius 1 is 1.05 bits per heavy atom. The number of sulfonamides is 1. The van der Waals surface area contributed by atoms with Gasteiger partial charge in [0.25, 0.3) is 15.9 Å². The van der Waals surface area contributed by atoms with Gasteiger partial charge < -0.3 is 19.5 Å². The molecule has 1 amide bonds. The van der Waals surface area contributed by atoms with E-state index >= 15 is 0 Å². The van der Waals surface area contributed by atoms with E-state index in [1.807, 2.05) is 20.8 Å². The molecule has 0 saturated carbocycles. The Kier molecular flexibility index (Phi) is 8.89. The van der Waals surface area contributed by atoms with Crippen molar-refractivity contribution in [1.29, 1.82) is 0 Å². The second-order valence-electron chi connectivity index (χ2n) is 9.64. The average Bonchev–Trinajstić information content (AvgIpc) is 3.39. The summed E-state index contributed by atoms with van der Waals surface area (Å²) in [5.41, 5.74) is 1.67. The molecule has 40 heavy (non-hydrogen) atoms. The molecule has 12 heteroatoms. The van der Waals surface area contributed by atoms with E-state index in [0.717, 1.165) is 5.56 Å². The minimum Gasteiger partial charge on any atom is -0.479 e. The van der Waals surface area contributed by atoms with Crippen LogP contribution in [0.15, 0.2) is 71.0 Å². The van der Waals surface area contributed by atoms with Crippen LogP contribution in [0.25, 0.3) is 0 Å². The van der Waals surface area contributed by atoms with Gasteiger partial charge in [0.15, 0.2) is 11.5 Å². The van der Waals surface area contributed by atoms with E-state index in [9.17, 15) is 21.6 Å². The van der Waals surface area contributed by atoms with Crippen LogP contribution in [0.2, 0.25) is 0 Å². The quantitative estimate of drug-likeness (QED) is 0.399. The van der Waals surface area contributed by atoms with Crippen LogP contribution < -0.4 is 19.5 Å². The fourth-order valence-electron chi connectivity index (χ4n) is 4.54. The predicted octanol–water partition coefficient (Wildman–Crippen LogP) is 3.57. The van der Waals surface area contributed by atoms with Crippen LogP contribution in [0.5, 0.6) is 11.5 Å². The molecule has 1 aliphatic carbocycles. The molecule has 2 atom stereocenters. The molecule has 0 spiro atoms. The van der Waals surface area contributed by atoms with Crippen molar-refractivity contribution >= 4 is 31.1 Å². The third kappa shape index (κ3) is 6.18. The fourth-order valence-corrected chi connectivity index (χ4v) is 6.34. The summed E-state index contributed by atoms with van der Waals surface area (Å²) < 4.78 is 69.9. The Balaban J connectivity index is 1.72. The second-order valence-corrected chi connectivity index (χ2v) is 12.2. The van der Waals surface area contributed by atoms with Crippen molar-refractivity contribution in [3.8, 4) is 11.5 Å². The van der Waals surface area contributed by atoms with Gasteiger partial charge >= 0.3 is 0 Å². The number of carbonyl (C=O) groups excluding carboxylic acids is 1. The number of carbonyl (C=O) groups is 1. The Labute approximate surface area is 235 Å². The monoisotopic (exact) mass is 588 g/mol. The molecule has 2 aromatic rings. The highest BCUT2D eigenvalue weighted by molar-refractivity contribution is 7.90. The molecule has 2 unspecified atom stereocenters. The summed E-state index contributed by atoms with van der Waals surface area (Å²) in [5, 5.41) is 2.88. The summed E-state index contributed by atoms with van der Waals surface area (Å²) in [4.78, 5) is 13.6. The van der Waals surface area contributed by atoms with Crippen molar-refractivity contribution in [1.82, 2.24) is 10.0 Å². The lowest BCUT2D eigenvalue weighted by Gasteiger charge is -2.28. The van der Waals surface area contributed by atoms with Gasteiger partial charge in [-0.1, -0.05) is 45.4 Å². The van der Waals surface area contributed by atoms with E-state index in [0.29, 0.717) is 35.6 Å². The van der Waals surface area contributed by atoms with E-state index in [1.54, 1.807) is 49.5 Å². The summed E-state index contributed by atoms with van der Waals surface area (Å²) in [5.74, 6) is -0.356. The smallest absolute Gasteiger partial charge is 0.279 e. The van der Waals surface area contributed by atoms with E-state index < -0.39 is 38.2 Å². The maximum atomic E-state index is 13.6. The molecule has 2 aliphatic rings. The fraction of sp³-hybridized carbons (Fsp3) is 0.357. The van der Waals surface area contributed by atoms with E-state index in [2.05, 4.69) is 10.0 Å². The lowest BCUT2D eigenvalue weighted by molar-refractivity contribution is -0.129. The zero-order valence-corrected chi connectivity index (χ0v) is 24.3. The molecule has 0 saturated heterocycles. The number of rotatable bonds is 10. The van der Waals surface area contributed by atoms with Crippen molar-refractivity contribution in [3.05, 3.63) is 77.2 Å². The number of hydrogen-bond acceptors (Lipinski definition) is 9. The Bertz CT molecular complexity index is 1580. The molecule has 0 fully saturated rings. The summed E-state index contributed by atoms with van der Waals surface area (Å²) in [6, 6.07) is 11.0. The van der Waals surface area contributed by atoms with Gasteiger partial charge in [-0.25, -0.2) is 13.1 Å². The van der Waals surface area contributed by atoms with Crippen LogP contribution >= 0.6 is 0 Å². The first-order valence-corrected chi connectivity index (χ1v) is 15.4. The van der Waals surface area contributed by atoms with Gasteiger partial charge in [-0.2, -0.15) is 8.42 Å². The molecule has 2 aromatic carbocycles. The van der Waals surface area contributed by atoms with Crippen LogP contribution in [0.1, 0.15) is 56.8 Å². The molecule has 0 bridgehead atoms. The summed E-state index contributed by atoms with van der Waals surface area (Å²) >= 11 is 0. The molecule has 0 radical (unpaired) electrons. The highest BCUT2D eigenvalue weighted by Gasteiger charge is 2.35. The van der Waals surface area contributed by atoms with Crippen molar-refractivity contribution in [2.24, 2.45) is 5.92 Å². The first-order valence-electron chi connectivity index (χ1n) is 12.8. The van der Waals surface area contributed by atoms with Crippen molar-refractivity contribution in [2.45, 2.75) is 50.5 Å². The van der Waals surface area contributed by atoms with Gasteiger partial charge in [-0.15, -0.1) is 0 Å². The minimum absolute atomic E-state index is 0.00616. The van der Waals surface area contributed by atoms with Crippen LogP contribution in [-0.2, 0) is 29.8 Å². The van der Waals surface area contributed by atoms with Gasteiger partial charge in [0.05, 0.1) is 16.5 Å². The zero-order chi connectivity index (χ0) is 29.0. The first kappa shape index (κ1) is 29.2. The van der Waals surface area contributed by atoms with Crippen LogP contribution in [0, 0.1) is 5.92 Å². The molecule has 1 aliphatic heterocycles. The molecular weight excluding hydrogens is 556 g/mol. The number of allylic oxidation sites excluding steroid dienone is 4. The van der Waals surface area contributed by atoms with Gasteiger partial charge in [0.2, 0.25) is 23.2 Å². The van der Waals surface area contributed by atoms with E-state index in [-0.39, 0.29) is 28.2 Å². The largest absolute Gasteiger partial charge is 0.479 e. The van der Waals surface area contributed by atoms with Gasteiger partial charge in [0, 0.05) is 12.6 Å². The SMILES string of the molecule is CCCC1C(OC(C(=O)NS(=O)(=O)c2ccc(C(C)C)cc2)c2ccc3c(c2)OCO3)=CC=C(NC)C1=S(=O)=O. The maximum absolute atomic E-state index is 13.6. The van der Waals surface area contributed by atoms with Crippen LogP contribution in [0.4, 0.5) is 0 Å². The minimum atomic E-state index is -4.25. The van der Waals surface area contributed by atoms with Crippen LogP contribution in [-0.4, -0.2) is 41.4 Å². The number of ether oxygens (including phenoxy) is 3. The lowest BCUT2D eigenvalue weighted by Crippen LogP contribution is -2.37. The van der Waals surface area contributed by atoms with Gasteiger partial charge in [0.1, 0.15) is 10.6 Å². The molecule has 2 N–H and O–H groups in total. The molecule has 4 rings (SSSR count). The molecule has 214 valence electrons. The standard InChI is InChI=1S/C28H32N2O8S2/c1-5-6-21-23(14-12-22(29-4)27(21)39(32)33)38-26(19-9-13-24-25(15-19)37-16-36-24)28(31)30-40(34,35)20-10-7-18(8-11-20)17(2)3/h7-15,17,21,26,29H,5-6,16H2,1-4H3,(H,30,31). The number of amides is 1. The highest BCUT2D eigenvalue weighted by Crippen LogP contribution is 2.37. The van der Waals surface area contributed by atoms with Crippen molar-refractivity contribution in [2.75, 3.05) is 13.8 Å². The number of nitrogens with one attached hydrogen (secondary N) is 2. The predicted molar refractivity (Wildman–Crippen MR) is 150 cm³/mol. The van der Waals surface area contributed by atoms with E-state index in [1.165, 1.54) is 12.1 Å². The third-order valence-electron chi connectivity index (χ3n) is 6.65. The van der Waals surface area contributed by atoms with Gasteiger partial charge in [-0.3, -0.25) is 4.79 Å². The number of hydrogen-bond donors (Lipinski definition) is 2. The third-order valence-corrected chi connectivity index (χ3v) is 8.88. The average molecular weight is 589 g/mol. The maximum Gasteiger partial charge on any atom is 0.279 e. The van der Waals surface area contributed by atoms with Crippen LogP contribution in [0.3, 0.4) is 0 Å². The Morgan fingerprint density at radius 3 is 2.35 bits per heavy atom. The lowest BCUT2D eigenvalue weighted by atomic mass is 9.91. The molecular formula is C28H32N2O8S2. The molecule has 10 nitrogen and oxygen atoms in total. The Hall–Kier alpha value is -3.77. The Morgan fingerprint density at radius 2 is 1.73 bits per heavy atom. The molecule has 0 aromatic heterocycles. The normalized spacial score (nSPS) is 17.1. The topological polar surface area (TPSA) is 137 Å². The summed E-state index contributed by atoms with van der Waals surface area (Å²) in [6.07, 6.45) is 2.74.